The molecule has 0 bridgehead atoms. The van der Waals surface area contributed by atoms with Gasteiger partial charge in [-0.3, -0.25) is 0 Å². The van der Waals surface area contributed by atoms with Gasteiger partial charge in [0.2, 0.25) is 0 Å². The first-order valence-electron chi connectivity index (χ1n) is 6.28. The zero-order valence-electron chi connectivity index (χ0n) is 10.8. The SMILES string of the molecule is C/C1=C\CC/C(CO)=C/C=C(/C(C)C)CC1. The molecule has 1 heteroatoms. The summed E-state index contributed by atoms with van der Waals surface area (Å²) in [5.41, 5.74) is 4.11. The quantitative estimate of drug-likeness (QED) is 0.697. The van der Waals surface area contributed by atoms with E-state index in [1.165, 1.54) is 17.6 Å². The van der Waals surface area contributed by atoms with Crippen molar-refractivity contribution in [3.05, 3.63) is 34.9 Å². The fourth-order valence-electron chi connectivity index (χ4n) is 1.95. The predicted molar refractivity (Wildman–Crippen MR) is 70.3 cm³/mol. The van der Waals surface area contributed by atoms with Crippen molar-refractivity contribution in [2.24, 2.45) is 5.92 Å². The number of allylic oxidation sites excluding steroid dienone is 5. The normalized spacial score (nSPS) is 28.7. The molecule has 0 heterocycles. The van der Waals surface area contributed by atoms with Gasteiger partial charge in [0.25, 0.3) is 0 Å². The lowest BCUT2D eigenvalue weighted by molar-refractivity contribution is 0.326. The Morgan fingerprint density at radius 1 is 1.19 bits per heavy atom. The number of aliphatic hydroxyl groups is 1. The maximum atomic E-state index is 9.24. The minimum Gasteiger partial charge on any atom is -0.392 e. The summed E-state index contributed by atoms with van der Waals surface area (Å²) in [6.45, 7) is 6.88. The van der Waals surface area contributed by atoms with E-state index in [1.807, 2.05) is 0 Å². The molecule has 0 fully saturated rings. The van der Waals surface area contributed by atoms with Crippen molar-refractivity contribution in [2.75, 3.05) is 6.61 Å². The van der Waals surface area contributed by atoms with E-state index in [9.17, 15) is 5.11 Å². The second-order valence-corrected chi connectivity index (χ2v) is 4.97. The van der Waals surface area contributed by atoms with E-state index < -0.39 is 0 Å². The van der Waals surface area contributed by atoms with Crippen LogP contribution in [0.2, 0.25) is 0 Å². The van der Waals surface area contributed by atoms with Gasteiger partial charge in [-0.15, -0.1) is 0 Å². The highest BCUT2D eigenvalue weighted by Crippen LogP contribution is 2.21. The van der Waals surface area contributed by atoms with Gasteiger partial charge in [0.05, 0.1) is 6.61 Å². The number of hydrogen-bond acceptors (Lipinski definition) is 1. The fourth-order valence-corrected chi connectivity index (χ4v) is 1.95. The van der Waals surface area contributed by atoms with E-state index in [4.69, 9.17) is 0 Å². The van der Waals surface area contributed by atoms with Crippen LogP contribution in [-0.4, -0.2) is 11.7 Å². The summed E-state index contributed by atoms with van der Waals surface area (Å²) in [4.78, 5) is 0. The Balaban J connectivity index is 2.87. The van der Waals surface area contributed by atoms with Gasteiger partial charge < -0.3 is 5.11 Å². The molecule has 0 radical (unpaired) electrons. The van der Waals surface area contributed by atoms with Crippen LogP contribution in [0.3, 0.4) is 0 Å². The van der Waals surface area contributed by atoms with Crippen LogP contribution < -0.4 is 0 Å². The minimum absolute atomic E-state index is 0.189. The molecule has 90 valence electrons. The van der Waals surface area contributed by atoms with Crippen molar-refractivity contribution in [1.82, 2.24) is 0 Å². The third kappa shape index (κ3) is 4.36. The first kappa shape index (κ1) is 13.2. The molecule has 0 unspecified atom stereocenters. The Morgan fingerprint density at radius 2 is 1.94 bits per heavy atom. The molecular formula is C15H24O. The Kier molecular flexibility index (Phi) is 5.54. The molecule has 1 N–H and O–H groups in total. The van der Waals surface area contributed by atoms with Gasteiger partial charge >= 0.3 is 0 Å². The lowest BCUT2D eigenvalue weighted by Gasteiger charge is -2.13. The van der Waals surface area contributed by atoms with Crippen LogP contribution in [0.15, 0.2) is 34.9 Å². The summed E-state index contributed by atoms with van der Waals surface area (Å²) in [5, 5.41) is 9.24. The summed E-state index contributed by atoms with van der Waals surface area (Å²) >= 11 is 0. The van der Waals surface area contributed by atoms with Crippen LogP contribution in [0.4, 0.5) is 0 Å². The number of hydrogen-bond donors (Lipinski definition) is 1. The zero-order valence-corrected chi connectivity index (χ0v) is 10.8. The average molecular weight is 220 g/mol. The summed E-state index contributed by atoms with van der Waals surface area (Å²) in [5.74, 6) is 0.600. The summed E-state index contributed by atoms with van der Waals surface area (Å²) in [7, 11) is 0. The van der Waals surface area contributed by atoms with Gasteiger partial charge in [-0.25, -0.2) is 0 Å². The number of aliphatic hydroxyl groups excluding tert-OH is 1. The average Bonchev–Trinajstić information content (AvgIpc) is 2.26. The van der Waals surface area contributed by atoms with Crippen molar-refractivity contribution in [2.45, 2.75) is 46.5 Å². The molecule has 0 saturated heterocycles. The Morgan fingerprint density at radius 3 is 2.56 bits per heavy atom. The van der Waals surface area contributed by atoms with E-state index in [1.54, 1.807) is 0 Å². The molecule has 0 aliphatic heterocycles. The molecule has 0 saturated carbocycles. The monoisotopic (exact) mass is 220 g/mol. The van der Waals surface area contributed by atoms with Crippen molar-refractivity contribution in [1.29, 1.82) is 0 Å². The Hall–Kier alpha value is -0.820. The summed E-state index contributed by atoms with van der Waals surface area (Å²) < 4.78 is 0. The Bertz CT molecular complexity index is 305. The van der Waals surface area contributed by atoms with E-state index in [-0.39, 0.29) is 6.61 Å². The maximum absolute atomic E-state index is 9.24. The molecule has 0 atom stereocenters. The van der Waals surface area contributed by atoms with Gasteiger partial charge in [0.15, 0.2) is 0 Å². The van der Waals surface area contributed by atoms with Gasteiger partial charge in [-0.1, -0.05) is 43.2 Å². The van der Waals surface area contributed by atoms with Crippen molar-refractivity contribution >= 4 is 0 Å². The molecule has 0 aromatic rings. The van der Waals surface area contributed by atoms with Gasteiger partial charge in [0.1, 0.15) is 0 Å². The van der Waals surface area contributed by atoms with Crippen LogP contribution in [0.25, 0.3) is 0 Å². The topological polar surface area (TPSA) is 20.2 Å². The van der Waals surface area contributed by atoms with E-state index in [2.05, 4.69) is 39.0 Å². The minimum atomic E-state index is 0.189. The number of rotatable bonds is 2. The second kappa shape index (κ2) is 6.70. The summed E-state index contributed by atoms with van der Waals surface area (Å²) in [6, 6.07) is 0. The molecular weight excluding hydrogens is 196 g/mol. The maximum Gasteiger partial charge on any atom is 0.0644 e. The van der Waals surface area contributed by atoms with Crippen LogP contribution in [0.5, 0.6) is 0 Å². The molecule has 0 aromatic carbocycles. The van der Waals surface area contributed by atoms with E-state index >= 15 is 0 Å². The highest BCUT2D eigenvalue weighted by Gasteiger charge is 2.05. The molecule has 1 rings (SSSR count). The first-order chi connectivity index (χ1) is 7.63. The zero-order chi connectivity index (χ0) is 12.0. The predicted octanol–water partition coefficient (Wildman–Crippen LogP) is 4.01. The van der Waals surface area contributed by atoms with Crippen LogP contribution in [0, 0.1) is 5.92 Å². The lowest BCUT2D eigenvalue weighted by Crippen LogP contribution is -1.97. The van der Waals surface area contributed by atoms with Gasteiger partial charge in [-0.2, -0.15) is 0 Å². The largest absolute Gasteiger partial charge is 0.392 e. The van der Waals surface area contributed by atoms with E-state index in [0.717, 1.165) is 24.8 Å². The Labute approximate surface area is 99.6 Å². The first-order valence-corrected chi connectivity index (χ1v) is 6.28. The summed E-state index contributed by atoms with van der Waals surface area (Å²) in [6.07, 6.45) is 11.0. The third-order valence-corrected chi connectivity index (χ3v) is 3.24. The molecule has 0 amide bonds. The highest BCUT2D eigenvalue weighted by molar-refractivity contribution is 5.21. The molecule has 16 heavy (non-hydrogen) atoms. The lowest BCUT2D eigenvalue weighted by atomic mass is 9.93. The fraction of sp³-hybridized carbons (Fsp3) is 0.600. The highest BCUT2D eigenvalue weighted by atomic mass is 16.3. The van der Waals surface area contributed by atoms with Crippen LogP contribution >= 0.6 is 0 Å². The standard InChI is InChI=1S/C15H24O/c1-12(2)15-9-7-13(3)5-4-6-14(11-16)8-10-15/h5,8,10,12,16H,4,6-7,9,11H2,1-3H3/b13-5+,14-8-,15-10+. The van der Waals surface area contributed by atoms with Gasteiger partial charge in [-0.05, 0) is 44.1 Å². The molecule has 0 aromatic heterocycles. The van der Waals surface area contributed by atoms with E-state index in [0.29, 0.717) is 5.92 Å². The van der Waals surface area contributed by atoms with Crippen LogP contribution in [-0.2, 0) is 0 Å². The van der Waals surface area contributed by atoms with Crippen molar-refractivity contribution < 1.29 is 5.11 Å². The molecule has 1 aliphatic rings. The molecule has 1 nitrogen and oxygen atoms in total. The van der Waals surface area contributed by atoms with Crippen molar-refractivity contribution in [3.8, 4) is 0 Å². The third-order valence-electron chi connectivity index (χ3n) is 3.24. The van der Waals surface area contributed by atoms with Crippen molar-refractivity contribution in [3.63, 3.8) is 0 Å². The second-order valence-electron chi connectivity index (χ2n) is 4.97. The van der Waals surface area contributed by atoms with Crippen LogP contribution in [0.1, 0.15) is 46.5 Å². The smallest absolute Gasteiger partial charge is 0.0644 e. The van der Waals surface area contributed by atoms with Gasteiger partial charge in [0, 0.05) is 0 Å². The molecule has 0 spiro atoms. The molecule has 1 aliphatic carbocycles.